The molecule has 0 aromatic heterocycles. The minimum absolute atomic E-state index is 0.0691. The van der Waals surface area contributed by atoms with Crippen LogP contribution in [0.2, 0.25) is 0 Å². The lowest BCUT2D eigenvalue weighted by Gasteiger charge is -2.24. The van der Waals surface area contributed by atoms with Crippen molar-refractivity contribution in [2.75, 3.05) is 19.4 Å². The number of nitrogens with zero attached hydrogens (tertiary/aromatic N) is 3. The van der Waals surface area contributed by atoms with Crippen molar-refractivity contribution in [2.45, 2.75) is 12.5 Å². The Morgan fingerprint density at radius 3 is 2.52 bits per heavy atom. The normalized spacial score (nSPS) is 18.2. The number of imide groups is 1. The Labute approximate surface area is 195 Å². The number of benzene rings is 3. The van der Waals surface area contributed by atoms with E-state index in [9.17, 15) is 14.4 Å². The topological polar surface area (TPSA) is 79.3 Å². The maximum atomic E-state index is 13.2. The fourth-order valence-electron chi connectivity index (χ4n) is 4.11. The highest BCUT2D eigenvalue weighted by atomic mass is 32.2. The van der Waals surface area contributed by atoms with Crippen LogP contribution in [0.25, 0.3) is 10.8 Å². The molecular formula is C25H21N3O4S. The molecule has 33 heavy (non-hydrogen) atoms. The first-order valence-electron chi connectivity index (χ1n) is 10.5. The molecule has 2 aliphatic rings. The van der Waals surface area contributed by atoms with Crippen molar-refractivity contribution in [2.24, 2.45) is 5.10 Å². The number of ether oxygens (including phenoxy) is 1. The van der Waals surface area contributed by atoms with Crippen LogP contribution >= 0.6 is 11.8 Å². The zero-order valence-corrected chi connectivity index (χ0v) is 18.7. The minimum atomic E-state index is -0.396. The second-order valence-corrected chi connectivity index (χ2v) is 8.80. The number of hydrogen-bond acceptors (Lipinski definition) is 6. The summed E-state index contributed by atoms with van der Waals surface area (Å²) in [5, 5.41) is 7.91. The Morgan fingerprint density at radius 2 is 1.82 bits per heavy atom. The molecule has 1 unspecified atom stereocenters. The van der Waals surface area contributed by atoms with Crippen LogP contribution < -0.4 is 4.74 Å². The zero-order valence-electron chi connectivity index (χ0n) is 17.9. The van der Waals surface area contributed by atoms with Crippen LogP contribution in [0.1, 0.15) is 23.6 Å². The molecule has 5 rings (SSSR count). The number of carbonyl (C=O) groups is 3. The van der Waals surface area contributed by atoms with E-state index in [0.717, 1.165) is 50.0 Å². The summed E-state index contributed by atoms with van der Waals surface area (Å²) in [6.45, 7) is -0.314. The Balaban J connectivity index is 1.48. The summed E-state index contributed by atoms with van der Waals surface area (Å²) in [4.78, 5) is 38.3. The quantitative estimate of drug-likeness (QED) is 0.571. The lowest BCUT2D eigenvalue weighted by atomic mass is 9.97. The summed E-state index contributed by atoms with van der Waals surface area (Å²) in [7, 11) is 1.60. The van der Waals surface area contributed by atoms with Crippen molar-refractivity contribution in [3.05, 3.63) is 77.9 Å². The standard InChI is InChI=1S/C25H21N3O4S/c1-32-20-10-8-17(9-11-20)22-13-21(19-7-6-16-4-2-3-5-18(16)12-19)26-28(22)23(29)14-27-24(30)15-33-25(27)31/h2-12,22H,13-15H2,1H3. The molecule has 2 heterocycles. The third-order valence-corrected chi connectivity index (χ3v) is 6.74. The molecule has 0 N–H and O–H groups in total. The first-order chi connectivity index (χ1) is 16.0. The minimum Gasteiger partial charge on any atom is -0.497 e. The molecule has 8 heteroatoms. The van der Waals surface area contributed by atoms with Gasteiger partial charge in [-0.1, -0.05) is 60.3 Å². The van der Waals surface area contributed by atoms with Gasteiger partial charge in [-0.25, -0.2) is 5.01 Å². The summed E-state index contributed by atoms with van der Waals surface area (Å²) in [5.41, 5.74) is 2.62. The average molecular weight is 460 g/mol. The van der Waals surface area contributed by atoms with Crippen molar-refractivity contribution in [1.29, 1.82) is 0 Å². The molecule has 1 fully saturated rings. The Kier molecular flexibility index (Phi) is 5.60. The monoisotopic (exact) mass is 459 g/mol. The summed E-state index contributed by atoms with van der Waals surface area (Å²) in [6.07, 6.45) is 0.521. The van der Waals surface area contributed by atoms with Crippen LogP contribution in [0.15, 0.2) is 71.8 Å². The average Bonchev–Trinajstić information content (AvgIpc) is 3.43. The van der Waals surface area contributed by atoms with E-state index in [1.807, 2.05) is 60.7 Å². The number of thioether (sulfide) groups is 1. The van der Waals surface area contributed by atoms with Crippen LogP contribution in [0.5, 0.6) is 5.75 Å². The van der Waals surface area contributed by atoms with Gasteiger partial charge in [-0.3, -0.25) is 19.3 Å². The number of hydrazone groups is 1. The molecule has 0 radical (unpaired) electrons. The molecule has 1 atom stereocenters. The summed E-state index contributed by atoms with van der Waals surface area (Å²) in [6, 6.07) is 21.3. The SMILES string of the molecule is COc1ccc(C2CC(c3ccc4ccccc4c3)=NN2C(=O)CN2C(=O)CSC2=O)cc1. The van der Waals surface area contributed by atoms with Gasteiger partial charge in [0.25, 0.3) is 11.1 Å². The van der Waals surface area contributed by atoms with Crippen LogP contribution in [-0.2, 0) is 9.59 Å². The predicted octanol–water partition coefficient (Wildman–Crippen LogP) is 4.22. The van der Waals surface area contributed by atoms with E-state index in [0.29, 0.717) is 6.42 Å². The Bertz CT molecular complexity index is 1270. The highest BCUT2D eigenvalue weighted by Crippen LogP contribution is 2.34. The van der Waals surface area contributed by atoms with E-state index in [2.05, 4.69) is 11.2 Å². The Morgan fingerprint density at radius 1 is 1.06 bits per heavy atom. The summed E-state index contributed by atoms with van der Waals surface area (Å²) in [5.74, 6) is 0.0447. The maximum absolute atomic E-state index is 13.2. The van der Waals surface area contributed by atoms with Gasteiger partial charge < -0.3 is 4.74 Å². The van der Waals surface area contributed by atoms with E-state index < -0.39 is 11.1 Å². The van der Waals surface area contributed by atoms with Gasteiger partial charge in [0.05, 0.1) is 24.6 Å². The third kappa shape index (κ3) is 4.09. The third-order valence-electron chi connectivity index (χ3n) is 5.88. The molecule has 2 aliphatic heterocycles. The first-order valence-corrected chi connectivity index (χ1v) is 11.5. The molecule has 3 aromatic carbocycles. The largest absolute Gasteiger partial charge is 0.497 e. The van der Waals surface area contributed by atoms with Gasteiger partial charge in [-0.05, 0) is 40.1 Å². The number of methoxy groups -OCH3 is 1. The number of hydrogen-bond donors (Lipinski definition) is 0. The highest BCUT2D eigenvalue weighted by molar-refractivity contribution is 8.14. The molecule has 0 spiro atoms. The molecule has 0 aliphatic carbocycles. The molecule has 0 saturated carbocycles. The number of carbonyl (C=O) groups excluding carboxylic acids is 3. The van der Waals surface area contributed by atoms with Crippen LogP contribution in [0.3, 0.4) is 0 Å². The fraction of sp³-hybridized carbons (Fsp3) is 0.200. The first kappa shape index (κ1) is 21.2. The van der Waals surface area contributed by atoms with E-state index >= 15 is 0 Å². The highest BCUT2D eigenvalue weighted by Gasteiger charge is 2.37. The van der Waals surface area contributed by atoms with Gasteiger partial charge in [-0.15, -0.1) is 0 Å². The zero-order chi connectivity index (χ0) is 22.9. The van der Waals surface area contributed by atoms with Gasteiger partial charge in [0.2, 0.25) is 5.91 Å². The van der Waals surface area contributed by atoms with Gasteiger partial charge >= 0.3 is 0 Å². The number of amides is 3. The van der Waals surface area contributed by atoms with Crippen LogP contribution in [0.4, 0.5) is 4.79 Å². The van der Waals surface area contributed by atoms with E-state index in [4.69, 9.17) is 4.74 Å². The predicted molar refractivity (Wildman–Crippen MR) is 127 cm³/mol. The molecule has 166 valence electrons. The fourth-order valence-corrected chi connectivity index (χ4v) is 4.84. The lowest BCUT2D eigenvalue weighted by molar-refractivity contribution is -0.137. The lowest BCUT2D eigenvalue weighted by Crippen LogP contribution is -2.40. The van der Waals surface area contributed by atoms with Gasteiger partial charge in [0, 0.05) is 6.42 Å². The van der Waals surface area contributed by atoms with E-state index in [1.165, 1.54) is 5.01 Å². The van der Waals surface area contributed by atoms with Crippen molar-refractivity contribution in [3.63, 3.8) is 0 Å². The molecule has 3 amide bonds. The van der Waals surface area contributed by atoms with Crippen LogP contribution in [-0.4, -0.2) is 52.1 Å². The van der Waals surface area contributed by atoms with Crippen molar-refractivity contribution in [3.8, 4) is 5.75 Å². The van der Waals surface area contributed by atoms with E-state index in [-0.39, 0.29) is 24.2 Å². The van der Waals surface area contributed by atoms with Crippen molar-refractivity contribution in [1.82, 2.24) is 9.91 Å². The molecule has 1 saturated heterocycles. The van der Waals surface area contributed by atoms with E-state index in [1.54, 1.807) is 7.11 Å². The second kappa shape index (κ2) is 8.71. The smallest absolute Gasteiger partial charge is 0.289 e. The number of rotatable bonds is 5. The summed E-state index contributed by atoms with van der Waals surface area (Å²) < 4.78 is 5.26. The number of fused-ring (bicyclic) bond motifs is 1. The molecule has 3 aromatic rings. The summed E-state index contributed by atoms with van der Waals surface area (Å²) >= 11 is 0.915. The Hall–Kier alpha value is -3.65. The van der Waals surface area contributed by atoms with Gasteiger partial charge in [0.15, 0.2) is 0 Å². The van der Waals surface area contributed by atoms with Crippen molar-refractivity contribution >= 4 is 45.3 Å². The maximum Gasteiger partial charge on any atom is 0.289 e. The van der Waals surface area contributed by atoms with Gasteiger partial charge in [0.1, 0.15) is 12.3 Å². The molecule has 0 bridgehead atoms. The second-order valence-electron chi connectivity index (χ2n) is 7.87. The van der Waals surface area contributed by atoms with Crippen molar-refractivity contribution < 1.29 is 19.1 Å². The molecule has 7 nitrogen and oxygen atoms in total. The molecular weight excluding hydrogens is 438 g/mol. The van der Waals surface area contributed by atoms with Gasteiger partial charge in [-0.2, -0.15) is 5.10 Å². The van der Waals surface area contributed by atoms with Crippen LogP contribution in [0, 0.1) is 0 Å².